The number of ether oxygens (including phenoxy) is 1. The van der Waals surface area contributed by atoms with E-state index in [-0.39, 0.29) is 17.1 Å². The van der Waals surface area contributed by atoms with Crippen molar-refractivity contribution in [3.05, 3.63) is 70.2 Å². The third kappa shape index (κ3) is 6.75. The highest BCUT2D eigenvalue weighted by molar-refractivity contribution is 9.10. The molecule has 2 aromatic rings. The first-order chi connectivity index (χ1) is 16.1. The molecular formula is C26H37BrN2O4SSi. The molecule has 1 N–H and O–H groups in total. The van der Waals surface area contributed by atoms with Crippen molar-refractivity contribution in [2.24, 2.45) is 4.99 Å². The molecule has 0 bridgehead atoms. The van der Waals surface area contributed by atoms with E-state index >= 15 is 0 Å². The molecule has 0 aliphatic carbocycles. The molecule has 1 saturated heterocycles. The van der Waals surface area contributed by atoms with Gasteiger partial charge in [0.05, 0.1) is 6.04 Å². The Hall–Kier alpha value is -1.68. The molecule has 192 valence electrons. The number of nitrogens with zero attached hydrogens (tertiary/aromatic N) is 1. The average Bonchev–Trinajstić information content (AvgIpc) is 2.71. The minimum atomic E-state index is -3.79. The van der Waals surface area contributed by atoms with Gasteiger partial charge in [-0.05, 0) is 61.7 Å². The van der Waals surface area contributed by atoms with E-state index < -0.39 is 29.2 Å². The predicted octanol–water partition coefficient (Wildman–Crippen LogP) is 6.73. The van der Waals surface area contributed by atoms with Crippen LogP contribution in [0.5, 0.6) is 0 Å². The summed E-state index contributed by atoms with van der Waals surface area (Å²) in [4.78, 5) is 4.75. The highest BCUT2D eigenvalue weighted by atomic mass is 79.9. The number of aliphatic imine (C=N–C) groups is 1. The molecule has 2 atom stereocenters. The molecule has 1 aliphatic heterocycles. The van der Waals surface area contributed by atoms with Crippen LogP contribution < -0.4 is 4.72 Å². The lowest BCUT2D eigenvalue weighted by Gasteiger charge is -2.39. The Balaban J connectivity index is 1.88. The second-order valence-electron chi connectivity index (χ2n) is 11.0. The Morgan fingerprint density at radius 2 is 1.80 bits per heavy atom. The second kappa shape index (κ2) is 10.4. The van der Waals surface area contributed by atoms with Crippen LogP contribution in [0.15, 0.2) is 64.1 Å². The van der Waals surface area contributed by atoms with Gasteiger partial charge in [-0.15, -0.1) is 0 Å². The van der Waals surface area contributed by atoms with Gasteiger partial charge >= 0.3 is 0 Å². The molecule has 1 fully saturated rings. The standard InChI is InChI=1S/C26H37BrN2O4SSi/c1-25(2,3)35(6,7)32-17-16-22(19-12-9-8-10-13-19)28-24-29-34(30,31)23(26(4,5)33-24)20-14-11-15-21(27)18-20/h8-15,18,22-23H,16-17H2,1-7H3,(H,28,29)/t22-,23?/m0/s1. The third-order valence-electron chi connectivity index (χ3n) is 6.80. The molecule has 9 heteroatoms. The van der Waals surface area contributed by atoms with Gasteiger partial charge in [-0.25, -0.2) is 18.1 Å². The third-order valence-corrected chi connectivity index (χ3v) is 13.8. The molecule has 0 saturated carbocycles. The maximum absolute atomic E-state index is 13.4. The van der Waals surface area contributed by atoms with Gasteiger partial charge in [0, 0.05) is 11.1 Å². The number of hydrogen-bond donors (Lipinski definition) is 1. The van der Waals surface area contributed by atoms with Gasteiger partial charge < -0.3 is 9.16 Å². The summed E-state index contributed by atoms with van der Waals surface area (Å²) in [5.41, 5.74) is 0.606. The van der Waals surface area contributed by atoms with Gasteiger partial charge in [-0.2, -0.15) is 0 Å². The van der Waals surface area contributed by atoms with Crippen LogP contribution in [-0.4, -0.2) is 35.0 Å². The molecule has 2 aromatic carbocycles. The molecular weight excluding hydrogens is 544 g/mol. The fourth-order valence-corrected chi connectivity index (χ4v) is 7.18. The number of halogens is 1. The van der Waals surface area contributed by atoms with Crippen molar-refractivity contribution in [2.75, 3.05) is 6.61 Å². The van der Waals surface area contributed by atoms with Crippen molar-refractivity contribution in [2.45, 2.75) is 76.1 Å². The van der Waals surface area contributed by atoms with Gasteiger partial charge in [-0.3, -0.25) is 0 Å². The topological polar surface area (TPSA) is 77.0 Å². The lowest BCUT2D eigenvalue weighted by atomic mass is 9.97. The molecule has 3 rings (SSSR count). The number of sulfonamides is 1. The van der Waals surface area contributed by atoms with E-state index in [0.29, 0.717) is 18.6 Å². The van der Waals surface area contributed by atoms with Gasteiger partial charge in [0.15, 0.2) is 8.32 Å². The monoisotopic (exact) mass is 580 g/mol. The number of nitrogens with one attached hydrogen (secondary N) is 1. The van der Waals surface area contributed by atoms with Gasteiger partial charge in [-0.1, -0.05) is 79.2 Å². The Labute approximate surface area is 219 Å². The second-order valence-corrected chi connectivity index (χ2v) is 18.5. The van der Waals surface area contributed by atoms with Crippen molar-refractivity contribution >= 4 is 40.3 Å². The van der Waals surface area contributed by atoms with E-state index in [1.165, 1.54) is 0 Å². The summed E-state index contributed by atoms with van der Waals surface area (Å²) in [6, 6.07) is 16.8. The first kappa shape index (κ1) is 27.9. The summed E-state index contributed by atoms with van der Waals surface area (Å²) in [6.07, 6.45) is 0.612. The largest absolute Gasteiger partial charge is 0.457 e. The summed E-state index contributed by atoms with van der Waals surface area (Å²) >= 11 is 3.44. The van der Waals surface area contributed by atoms with Crippen molar-refractivity contribution in [1.29, 1.82) is 0 Å². The van der Waals surface area contributed by atoms with E-state index in [1.54, 1.807) is 19.9 Å². The fourth-order valence-electron chi connectivity index (χ4n) is 3.95. The average molecular weight is 582 g/mol. The molecule has 0 radical (unpaired) electrons. The number of rotatable bonds is 7. The molecule has 1 heterocycles. The lowest BCUT2D eigenvalue weighted by molar-refractivity contribution is 0.0759. The van der Waals surface area contributed by atoms with Gasteiger partial charge in [0.1, 0.15) is 10.9 Å². The van der Waals surface area contributed by atoms with E-state index in [0.717, 1.165) is 10.0 Å². The van der Waals surface area contributed by atoms with Crippen molar-refractivity contribution in [1.82, 2.24) is 4.72 Å². The quantitative estimate of drug-likeness (QED) is 0.368. The zero-order valence-electron chi connectivity index (χ0n) is 21.6. The Kier molecular flexibility index (Phi) is 8.26. The molecule has 1 aliphatic rings. The van der Waals surface area contributed by atoms with Crippen molar-refractivity contribution in [3.8, 4) is 0 Å². The molecule has 0 amide bonds. The smallest absolute Gasteiger partial charge is 0.299 e. The minimum Gasteiger partial charge on any atom is -0.457 e. The lowest BCUT2D eigenvalue weighted by Crippen LogP contribution is -2.53. The Morgan fingerprint density at radius 3 is 2.37 bits per heavy atom. The highest BCUT2D eigenvalue weighted by Gasteiger charge is 2.48. The zero-order chi connectivity index (χ0) is 26.1. The maximum atomic E-state index is 13.4. The maximum Gasteiger partial charge on any atom is 0.299 e. The van der Waals surface area contributed by atoms with Crippen LogP contribution in [-0.2, 0) is 19.2 Å². The first-order valence-corrected chi connectivity index (χ1v) is 17.1. The van der Waals surface area contributed by atoms with Crippen molar-refractivity contribution in [3.63, 3.8) is 0 Å². The molecule has 0 aromatic heterocycles. The molecule has 6 nitrogen and oxygen atoms in total. The Bertz CT molecular complexity index is 1160. The van der Waals surface area contributed by atoms with Gasteiger partial charge in [0.25, 0.3) is 6.02 Å². The van der Waals surface area contributed by atoms with E-state index in [2.05, 4.69) is 54.5 Å². The summed E-state index contributed by atoms with van der Waals surface area (Å²) in [6.45, 7) is 15.2. The van der Waals surface area contributed by atoms with Crippen molar-refractivity contribution < 1.29 is 17.6 Å². The number of amidine groups is 1. The number of benzene rings is 2. The molecule has 1 unspecified atom stereocenters. The highest BCUT2D eigenvalue weighted by Crippen LogP contribution is 2.40. The minimum absolute atomic E-state index is 0.0161. The van der Waals surface area contributed by atoms with Crippen LogP contribution in [0.25, 0.3) is 0 Å². The molecule has 35 heavy (non-hydrogen) atoms. The van der Waals surface area contributed by atoms with Crippen LogP contribution in [0, 0.1) is 0 Å². The summed E-state index contributed by atoms with van der Waals surface area (Å²) in [5, 5.41) is -0.780. The summed E-state index contributed by atoms with van der Waals surface area (Å²) < 4.78 is 42.8. The van der Waals surface area contributed by atoms with E-state index in [1.807, 2.05) is 48.5 Å². The van der Waals surface area contributed by atoms with Crippen LogP contribution in [0.2, 0.25) is 18.1 Å². The van der Waals surface area contributed by atoms with E-state index in [4.69, 9.17) is 14.2 Å². The normalized spacial score (nSPS) is 21.7. The van der Waals surface area contributed by atoms with E-state index in [9.17, 15) is 8.42 Å². The van der Waals surface area contributed by atoms with Crippen LogP contribution >= 0.6 is 15.9 Å². The summed E-state index contributed by atoms with van der Waals surface area (Å²) in [5.74, 6) is 0. The fraction of sp³-hybridized carbons (Fsp3) is 0.500. The zero-order valence-corrected chi connectivity index (χ0v) is 25.0. The number of hydrogen-bond acceptors (Lipinski definition) is 5. The Morgan fingerprint density at radius 1 is 1.14 bits per heavy atom. The van der Waals surface area contributed by atoms with Gasteiger partial charge in [0.2, 0.25) is 10.0 Å². The first-order valence-electron chi connectivity index (χ1n) is 11.9. The van der Waals surface area contributed by atoms with Crippen LogP contribution in [0.1, 0.15) is 63.5 Å². The van der Waals surface area contributed by atoms with Crippen LogP contribution in [0.3, 0.4) is 0 Å². The summed E-state index contributed by atoms with van der Waals surface area (Å²) in [7, 11) is -5.71. The van der Waals surface area contributed by atoms with Crippen LogP contribution in [0.4, 0.5) is 0 Å². The predicted molar refractivity (Wildman–Crippen MR) is 148 cm³/mol. The SMILES string of the molecule is CC1(C)OC(=N[C@@H](CCO[Si](C)(C)C(C)(C)C)c2ccccc2)NS(=O)(=O)C1c1cccc(Br)c1. The molecule has 0 spiro atoms.